The van der Waals surface area contributed by atoms with E-state index in [1.54, 1.807) is 0 Å². The van der Waals surface area contributed by atoms with E-state index >= 15 is 0 Å². The molecule has 1 aliphatic heterocycles. The third kappa shape index (κ3) is 2.16. The minimum absolute atomic E-state index is 0.679. The van der Waals surface area contributed by atoms with Crippen molar-refractivity contribution in [2.24, 2.45) is 0 Å². The van der Waals surface area contributed by atoms with E-state index in [1.165, 1.54) is 36.9 Å². The van der Waals surface area contributed by atoms with E-state index in [9.17, 15) is 0 Å². The van der Waals surface area contributed by atoms with Crippen LogP contribution in [0.25, 0.3) is 0 Å². The van der Waals surface area contributed by atoms with E-state index in [1.807, 2.05) is 0 Å². The second-order valence-electron chi connectivity index (χ2n) is 4.81. The van der Waals surface area contributed by atoms with Gasteiger partial charge < -0.3 is 10.6 Å². The van der Waals surface area contributed by atoms with Crippen LogP contribution in [0.1, 0.15) is 38.2 Å². The summed E-state index contributed by atoms with van der Waals surface area (Å²) >= 11 is 0. The lowest BCUT2D eigenvalue weighted by Gasteiger charge is -2.37. The maximum absolute atomic E-state index is 6.13. The van der Waals surface area contributed by atoms with E-state index < -0.39 is 0 Å². The maximum Gasteiger partial charge on any atom is 0.0602 e. The van der Waals surface area contributed by atoms with E-state index in [0.29, 0.717) is 6.04 Å². The van der Waals surface area contributed by atoms with Crippen LogP contribution < -0.4 is 10.6 Å². The number of nitrogens with zero attached hydrogens (tertiary/aromatic N) is 1. The van der Waals surface area contributed by atoms with Gasteiger partial charge in [-0.2, -0.15) is 0 Å². The quantitative estimate of drug-likeness (QED) is 0.771. The fourth-order valence-electron chi connectivity index (χ4n) is 2.68. The predicted octanol–water partition coefficient (Wildman–Crippen LogP) is 3.35. The number of hydrogen-bond donors (Lipinski definition) is 1. The van der Waals surface area contributed by atoms with Crippen molar-refractivity contribution < 1.29 is 0 Å². The molecular weight excluding hydrogens is 196 g/mol. The van der Waals surface area contributed by atoms with Crippen LogP contribution in [0.4, 0.5) is 11.4 Å². The first-order valence-electron chi connectivity index (χ1n) is 6.35. The molecule has 0 bridgehead atoms. The molecule has 2 N–H and O–H groups in total. The number of benzene rings is 1. The molecule has 16 heavy (non-hydrogen) atoms. The minimum atomic E-state index is 0.679. The van der Waals surface area contributed by atoms with Gasteiger partial charge >= 0.3 is 0 Å². The molecule has 0 aromatic heterocycles. The molecule has 1 aromatic carbocycles. The standard InChI is InChI=1S/C14H22N2/c1-3-12-6-4-5-9-16(12)14-8-7-11(2)10-13(14)15/h7-8,10,12H,3-6,9,15H2,1-2H3/t12-/m0/s1. The van der Waals surface area contributed by atoms with Gasteiger partial charge in [0.1, 0.15) is 0 Å². The highest BCUT2D eigenvalue weighted by atomic mass is 15.2. The Kier molecular flexibility index (Phi) is 3.37. The van der Waals surface area contributed by atoms with Crippen LogP contribution in [0, 0.1) is 6.92 Å². The van der Waals surface area contributed by atoms with Crippen molar-refractivity contribution in [2.75, 3.05) is 17.2 Å². The molecule has 2 nitrogen and oxygen atoms in total. The highest BCUT2D eigenvalue weighted by Gasteiger charge is 2.22. The molecule has 88 valence electrons. The number of piperidine rings is 1. The van der Waals surface area contributed by atoms with Gasteiger partial charge in [-0.15, -0.1) is 0 Å². The summed E-state index contributed by atoms with van der Waals surface area (Å²) < 4.78 is 0. The van der Waals surface area contributed by atoms with Crippen LogP contribution in [-0.4, -0.2) is 12.6 Å². The zero-order valence-corrected chi connectivity index (χ0v) is 10.4. The average Bonchev–Trinajstić information content (AvgIpc) is 2.29. The molecule has 1 heterocycles. The van der Waals surface area contributed by atoms with E-state index in [2.05, 4.69) is 36.9 Å². The SMILES string of the molecule is CC[C@H]1CCCCN1c1ccc(C)cc1N. The molecule has 0 aliphatic carbocycles. The van der Waals surface area contributed by atoms with Gasteiger partial charge in [-0.3, -0.25) is 0 Å². The van der Waals surface area contributed by atoms with Crippen molar-refractivity contribution in [3.8, 4) is 0 Å². The Bertz CT molecular complexity index is 360. The summed E-state index contributed by atoms with van der Waals surface area (Å²) in [6, 6.07) is 7.10. The summed E-state index contributed by atoms with van der Waals surface area (Å²) in [6.07, 6.45) is 5.18. The second-order valence-corrected chi connectivity index (χ2v) is 4.81. The number of rotatable bonds is 2. The monoisotopic (exact) mass is 218 g/mol. The predicted molar refractivity (Wildman–Crippen MR) is 70.9 cm³/mol. The highest BCUT2D eigenvalue weighted by molar-refractivity contribution is 5.69. The number of nitrogens with two attached hydrogens (primary N) is 1. The minimum Gasteiger partial charge on any atom is -0.397 e. The fraction of sp³-hybridized carbons (Fsp3) is 0.571. The second kappa shape index (κ2) is 4.77. The molecule has 0 spiro atoms. The lowest BCUT2D eigenvalue weighted by molar-refractivity contribution is 0.450. The Morgan fingerprint density at radius 1 is 1.38 bits per heavy atom. The largest absolute Gasteiger partial charge is 0.397 e. The van der Waals surface area contributed by atoms with Crippen LogP contribution in [0.5, 0.6) is 0 Å². The van der Waals surface area contributed by atoms with Crippen molar-refractivity contribution in [1.29, 1.82) is 0 Å². The molecule has 1 atom stereocenters. The summed E-state index contributed by atoms with van der Waals surface area (Å²) in [4.78, 5) is 2.50. The van der Waals surface area contributed by atoms with Crippen LogP contribution in [0.2, 0.25) is 0 Å². The first kappa shape index (κ1) is 11.3. The normalized spacial score (nSPS) is 21.1. The van der Waals surface area contributed by atoms with Crippen LogP contribution in [-0.2, 0) is 0 Å². The Morgan fingerprint density at radius 2 is 2.19 bits per heavy atom. The third-order valence-corrected chi connectivity index (χ3v) is 3.59. The van der Waals surface area contributed by atoms with Crippen molar-refractivity contribution >= 4 is 11.4 Å². The molecule has 0 amide bonds. The molecule has 1 aromatic rings. The Morgan fingerprint density at radius 3 is 2.88 bits per heavy atom. The molecule has 1 saturated heterocycles. The lowest BCUT2D eigenvalue weighted by atomic mass is 9.98. The highest BCUT2D eigenvalue weighted by Crippen LogP contribution is 2.31. The van der Waals surface area contributed by atoms with E-state index in [-0.39, 0.29) is 0 Å². The molecule has 0 saturated carbocycles. The van der Waals surface area contributed by atoms with Gasteiger partial charge in [0.2, 0.25) is 0 Å². The van der Waals surface area contributed by atoms with Crippen molar-refractivity contribution in [3.63, 3.8) is 0 Å². The zero-order chi connectivity index (χ0) is 11.5. The summed E-state index contributed by atoms with van der Waals surface area (Å²) in [6.45, 7) is 5.52. The molecule has 0 unspecified atom stereocenters. The van der Waals surface area contributed by atoms with Crippen LogP contribution in [0.3, 0.4) is 0 Å². The average molecular weight is 218 g/mol. The van der Waals surface area contributed by atoms with Crippen molar-refractivity contribution in [3.05, 3.63) is 23.8 Å². The van der Waals surface area contributed by atoms with Gasteiger partial charge in [0, 0.05) is 12.6 Å². The van der Waals surface area contributed by atoms with Crippen molar-refractivity contribution in [1.82, 2.24) is 0 Å². The zero-order valence-electron chi connectivity index (χ0n) is 10.4. The number of nitrogen functional groups attached to an aromatic ring is 1. The summed E-state index contributed by atoms with van der Waals surface area (Å²) in [5.74, 6) is 0. The van der Waals surface area contributed by atoms with Gasteiger partial charge in [0.05, 0.1) is 11.4 Å². The smallest absolute Gasteiger partial charge is 0.0602 e. The number of anilines is 2. The number of hydrogen-bond acceptors (Lipinski definition) is 2. The van der Waals surface area contributed by atoms with E-state index in [4.69, 9.17) is 5.73 Å². The molecule has 2 heteroatoms. The molecule has 1 aliphatic rings. The molecular formula is C14H22N2. The molecule has 0 radical (unpaired) electrons. The Balaban J connectivity index is 2.27. The topological polar surface area (TPSA) is 29.3 Å². The fourth-order valence-corrected chi connectivity index (χ4v) is 2.68. The summed E-state index contributed by atoms with van der Waals surface area (Å²) in [5, 5.41) is 0. The summed E-state index contributed by atoms with van der Waals surface area (Å²) in [7, 11) is 0. The van der Waals surface area contributed by atoms with Gasteiger partial charge in [-0.25, -0.2) is 0 Å². The Labute approximate surface area is 98.4 Å². The molecule has 1 fully saturated rings. The van der Waals surface area contributed by atoms with E-state index in [0.717, 1.165) is 12.2 Å². The van der Waals surface area contributed by atoms with Crippen LogP contribution in [0.15, 0.2) is 18.2 Å². The number of aryl methyl sites for hydroxylation is 1. The Hall–Kier alpha value is -1.18. The van der Waals surface area contributed by atoms with Crippen molar-refractivity contribution in [2.45, 2.75) is 45.6 Å². The van der Waals surface area contributed by atoms with Gasteiger partial charge in [0.15, 0.2) is 0 Å². The first-order valence-corrected chi connectivity index (χ1v) is 6.35. The van der Waals surface area contributed by atoms with Gasteiger partial charge in [-0.1, -0.05) is 13.0 Å². The molecule has 2 rings (SSSR count). The lowest BCUT2D eigenvalue weighted by Crippen LogP contribution is -2.39. The van der Waals surface area contributed by atoms with Gasteiger partial charge in [0.25, 0.3) is 0 Å². The first-order chi connectivity index (χ1) is 7.72. The van der Waals surface area contributed by atoms with Gasteiger partial charge in [-0.05, 0) is 50.3 Å². The van der Waals surface area contributed by atoms with Crippen LogP contribution >= 0.6 is 0 Å². The summed E-state index contributed by atoms with van der Waals surface area (Å²) in [5.41, 5.74) is 9.53. The maximum atomic E-state index is 6.13. The third-order valence-electron chi connectivity index (χ3n) is 3.59.